The molecule has 72 valence electrons. The van der Waals surface area contributed by atoms with Crippen molar-refractivity contribution in [3.63, 3.8) is 0 Å². The van der Waals surface area contributed by atoms with Crippen molar-refractivity contribution in [2.75, 3.05) is 12.3 Å². The summed E-state index contributed by atoms with van der Waals surface area (Å²) in [5.74, 6) is 1.31. The second-order valence-corrected chi connectivity index (χ2v) is 5.17. The fourth-order valence-electron chi connectivity index (χ4n) is 1.46. The summed E-state index contributed by atoms with van der Waals surface area (Å²) < 4.78 is 0. The monoisotopic (exact) mass is 187 g/mol. The molecule has 0 aromatic carbocycles. The average Bonchev–Trinajstić information content (AvgIpc) is 2.16. The van der Waals surface area contributed by atoms with Crippen LogP contribution in [-0.4, -0.2) is 23.6 Å². The molecule has 1 aliphatic rings. The fourth-order valence-corrected chi connectivity index (χ4v) is 2.55. The van der Waals surface area contributed by atoms with E-state index in [2.05, 4.69) is 30.9 Å². The Kier molecular flexibility index (Phi) is 5.08. The largest absolute Gasteiger partial charge is 0.313 e. The molecule has 0 aromatic rings. The highest BCUT2D eigenvalue weighted by molar-refractivity contribution is 7.99. The molecule has 1 rings (SSSR count). The molecule has 0 radical (unpaired) electrons. The maximum atomic E-state index is 3.58. The van der Waals surface area contributed by atoms with E-state index in [-0.39, 0.29) is 0 Å². The molecule has 2 unspecified atom stereocenters. The zero-order valence-electron chi connectivity index (χ0n) is 8.31. The Balaban J connectivity index is 2.05. The summed E-state index contributed by atoms with van der Waals surface area (Å²) in [6.45, 7) is 5.84. The van der Waals surface area contributed by atoms with Crippen LogP contribution in [0.3, 0.4) is 0 Å². The van der Waals surface area contributed by atoms with Crippen LogP contribution in [0.1, 0.15) is 39.5 Å². The van der Waals surface area contributed by atoms with Crippen molar-refractivity contribution in [2.45, 2.75) is 50.8 Å². The highest BCUT2D eigenvalue weighted by Gasteiger charge is 2.12. The minimum absolute atomic E-state index is 0.803. The van der Waals surface area contributed by atoms with Gasteiger partial charge in [-0.15, -0.1) is 0 Å². The van der Waals surface area contributed by atoms with Gasteiger partial charge in [0.05, 0.1) is 0 Å². The Morgan fingerprint density at radius 1 is 1.50 bits per heavy atom. The van der Waals surface area contributed by atoms with E-state index in [0.29, 0.717) is 0 Å². The van der Waals surface area contributed by atoms with Crippen LogP contribution in [0.2, 0.25) is 0 Å². The van der Waals surface area contributed by atoms with Crippen LogP contribution in [0.25, 0.3) is 0 Å². The van der Waals surface area contributed by atoms with Crippen molar-refractivity contribution in [2.24, 2.45) is 0 Å². The highest BCUT2D eigenvalue weighted by atomic mass is 32.2. The Labute approximate surface area is 80.7 Å². The van der Waals surface area contributed by atoms with E-state index in [1.165, 1.54) is 38.0 Å². The number of nitrogens with one attached hydrogen (secondary N) is 1. The van der Waals surface area contributed by atoms with E-state index in [9.17, 15) is 0 Å². The Morgan fingerprint density at radius 3 is 2.92 bits per heavy atom. The van der Waals surface area contributed by atoms with Crippen LogP contribution in [-0.2, 0) is 0 Å². The van der Waals surface area contributed by atoms with Gasteiger partial charge in [-0.2, -0.15) is 11.8 Å². The standard InChI is InChI=1S/C10H21NS/c1-3-9(2)12-8-10-6-4-5-7-11-10/h9-11H,3-8H2,1-2H3. The maximum Gasteiger partial charge on any atom is 0.0158 e. The predicted molar refractivity (Wildman–Crippen MR) is 57.9 cm³/mol. The Hall–Kier alpha value is 0.310. The lowest BCUT2D eigenvalue weighted by atomic mass is 10.1. The van der Waals surface area contributed by atoms with Gasteiger partial charge in [0, 0.05) is 17.0 Å². The van der Waals surface area contributed by atoms with Crippen molar-refractivity contribution < 1.29 is 0 Å². The molecule has 1 nitrogen and oxygen atoms in total. The summed E-state index contributed by atoms with van der Waals surface area (Å²) in [5, 5.41) is 4.42. The topological polar surface area (TPSA) is 12.0 Å². The van der Waals surface area contributed by atoms with Crippen LogP contribution in [0.5, 0.6) is 0 Å². The van der Waals surface area contributed by atoms with E-state index in [0.717, 1.165) is 11.3 Å². The summed E-state index contributed by atoms with van der Waals surface area (Å²) in [5.41, 5.74) is 0. The summed E-state index contributed by atoms with van der Waals surface area (Å²) >= 11 is 2.12. The van der Waals surface area contributed by atoms with Crippen molar-refractivity contribution in [1.29, 1.82) is 0 Å². The van der Waals surface area contributed by atoms with Crippen molar-refractivity contribution in [1.82, 2.24) is 5.32 Å². The molecule has 1 heterocycles. The summed E-state index contributed by atoms with van der Waals surface area (Å²) in [7, 11) is 0. The van der Waals surface area contributed by atoms with Gasteiger partial charge in [0.1, 0.15) is 0 Å². The molecule has 2 atom stereocenters. The van der Waals surface area contributed by atoms with Gasteiger partial charge in [-0.05, 0) is 25.8 Å². The van der Waals surface area contributed by atoms with Crippen LogP contribution >= 0.6 is 11.8 Å². The van der Waals surface area contributed by atoms with Crippen LogP contribution < -0.4 is 5.32 Å². The summed E-state index contributed by atoms with van der Waals surface area (Å²) in [4.78, 5) is 0. The van der Waals surface area contributed by atoms with Gasteiger partial charge in [-0.25, -0.2) is 0 Å². The summed E-state index contributed by atoms with van der Waals surface area (Å²) in [6, 6.07) is 0.803. The molecular weight excluding hydrogens is 166 g/mol. The minimum atomic E-state index is 0.803. The van der Waals surface area contributed by atoms with Gasteiger partial charge in [-0.3, -0.25) is 0 Å². The third kappa shape index (κ3) is 3.81. The van der Waals surface area contributed by atoms with Gasteiger partial charge < -0.3 is 5.32 Å². The molecule has 0 bridgehead atoms. The minimum Gasteiger partial charge on any atom is -0.313 e. The quantitative estimate of drug-likeness (QED) is 0.726. The third-order valence-electron chi connectivity index (χ3n) is 2.57. The van der Waals surface area contributed by atoms with Gasteiger partial charge in [-0.1, -0.05) is 20.3 Å². The van der Waals surface area contributed by atoms with Crippen LogP contribution in [0, 0.1) is 0 Å². The third-order valence-corrected chi connectivity index (χ3v) is 4.07. The van der Waals surface area contributed by atoms with Gasteiger partial charge in [0.2, 0.25) is 0 Å². The maximum absolute atomic E-state index is 3.58. The lowest BCUT2D eigenvalue weighted by Crippen LogP contribution is -2.36. The normalized spacial score (nSPS) is 27.0. The zero-order chi connectivity index (χ0) is 8.81. The second-order valence-electron chi connectivity index (χ2n) is 3.70. The molecule has 1 N–H and O–H groups in total. The molecule has 0 aromatic heterocycles. The average molecular weight is 187 g/mol. The van der Waals surface area contributed by atoms with Gasteiger partial charge >= 0.3 is 0 Å². The van der Waals surface area contributed by atoms with E-state index >= 15 is 0 Å². The first-order valence-corrected chi connectivity index (χ1v) is 6.22. The van der Waals surface area contributed by atoms with E-state index in [1.807, 2.05) is 0 Å². The lowest BCUT2D eigenvalue weighted by Gasteiger charge is -2.24. The first kappa shape index (κ1) is 10.4. The fraction of sp³-hybridized carbons (Fsp3) is 1.00. The second kappa shape index (κ2) is 5.87. The van der Waals surface area contributed by atoms with Crippen LogP contribution in [0.15, 0.2) is 0 Å². The Bertz CT molecular complexity index is 110. The van der Waals surface area contributed by atoms with Crippen molar-refractivity contribution in [3.05, 3.63) is 0 Å². The molecule has 1 fully saturated rings. The molecule has 2 heteroatoms. The molecule has 1 aliphatic heterocycles. The SMILES string of the molecule is CCC(C)SCC1CCCCN1. The van der Waals surface area contributed by atoms with Crippen molar-refractivity contribution >= 4 is 11.8 Å². The predicted octanol–water partition coefficient (Wildman–Crippen LogP) is 2.66. The molecule has 0 aliphatic carbocycles. The molecule has 12 heavy (non-hydrogen) atoms. The van der Waals surface area contributed by atoms with Gasteiger partial charge in [0.25, 0.3) is 0 Å². The highest BCUT2D eigenvalue weighted by Crippen LogP contribution is 2.18. The smallest absolute Gasteiger partial charge is 0.0158 e. The number of thioether (sulfide) groups is 1. The van der Waals surface area contributed by atoms with E-state index < -0.39 is 0 Å². The van der Waals surface area contributed by atoms with Gasteiger partial charge in [0.15, 0.2) is 0 Å². The molecular formula is C10H21NS. The van der Waals surface area contributed by atoms with Crippen molar-refractivity contribution in [3.8, 4) is 0 Å². The first-order valence-electron chi connectivity index (χ1n) is 5.18. The number of hydrogen-bond donors (Lipinski definition) is 1. The zero-order valence-corrected chi connectivity index (χ0v) is 9.12. The molecule has 0 saturated carbocycles. The molecule has 0 amide bonds. The molecule has 0 spiro atoms. The summed E-state index contributed by atoms with van der Waals surface area (Å²) in [6.07, 6.45) is 5.50. The Morgan fingerprint density at radius 2 is 2.33 bits per heavy atom. The van der Waals surface area contributed by atoms with Crippen LogP contribution in [0.4, 0.5) is 0 Å². The first-order chi connectivity index (χ1) is 5.83. The number of hydrogen-bond acceptors (Lipinski definition) is 2. The number of rotatable bonds is 4. The van der Waals surface area contributed by atoms with E-state index in [4.69, 9.17) is 0 Å². The number of piperidine rings is 1. The lowest BCUT2D eigenvalue weighted by molar-refractivity contribution is 0.429. The van der Waals surface area contributed by atoms with E-state index in [1.54, 1.807) is 0 Å². The molecule has 1 saturated heterocycles.